The van der Waals surface area contributed by atoms with Crippen molar-refractivity contribution in [3.8, 4) is 0 Å². The van der Waals surface area contributed by atoms with Crippen LogP contribution in [0.3, 0.4) is 0 Å². The van der Waals surface area contributed by atoms with Gasteiger partial charge < -0.3 is 47.1 Å². The summed E-state index contributed by atoms with van der Waals surface area (Å²) in [7, 11) is -4.99. The molecule has 8 N–H and O–H groups in total. The first kappa shape index (κ1) is 26.8. The quantitative estimate of drug-likeness (QED) is 0.106. The molecule has 180 valence electrons. The molecule has 2 aromatic heterocycles. The fourth-order valence-corrected chi connectivity index (χ4v) is 4.37. The molecule has 0 spiro atoms. The summed E-state index contributed by atoms with van der Waals surface area (Å²) in [4.78, 5) is 21.8. The summed E-state index contributed by atoms with van der Waals surface area (Å²) < 4.78 is 33.3. The van der Waals surface area contributed by atoms with Gasteiger partial charge in [0.05, 0.1) is 32.1 Å². The van der Waals surface area contributed by atoms with E-state index >= 15 is 0 Å². The second kappa shape index (κ2) is 10.0. The van der Waals surface area contributed by atoms with Crippen LogP contribution in [0, 0.1) is 0 Å². The molecule has 2 aromatic rings. The number of ether oxygens (including phenoxy) is 2. The minimum atomic E-state index is -4.99. The molecule has 0 aliphatic carbocycles. The number of aliphatic hydroxyl groups excluding tert-OH is 4. The van der Waals surface area contributed by atoms with Gasteiger partial charge in [0.1, 0.15) is 36.3 Å². The Balaban J connectivity index is 0.00000204. The Morgan fingerprint density at radius 3 is 2.67 bits per heavy atom. The van der Waals surface area contributed by atoms with Crippen LogP contribution in [0.15, 0.2) is 12.7 Å². The predicted octanol–water partition coefficient (Wildman–Crippen LogP) is -5.93. The fourth-order valence-electron chi connectivity index (χ4n) is 3.50. The summed E-state index contributed by atoms with van der Waals surface area (Å²) in [6, 6.07) is 0. The number of hydrogen-bond donors (Lipinski definition) is 7. The van der Waals surface area contributed by atoms with E-state index < -0.39 is 70.2 Å². The van der Waals surface area contributed by atoms with Gasteiger partial charge in [0, 0.05) is 0 Å². The van der Waals surface area contributed by atoms with Crippen LogP contribution in [-0.4, -0.2) is 99.7 Å². The standard InChI is InChI=1S/C15H22N5O11P.Na.H/c16-12-9-13(18-4-17-12)20(5-19-9)14-11(24)10(23)8(29-14)3-28-32(26,27)31-15(25)1-6(22)7(2-21)30-15;;/h4-8,10-11,14,21-25H,1-3H2,(H,26,27)(H2,16,17,18);;/q;+1;-1/t6-,7+,8+,10+,11+,14+,15-;;/m0../s1. The van der Waals surface area contributed by atoms with Crippen molar-refractivity contribution in [1.82, 2.24) is 19.5 Å². The number of anilines is 1. The van der Waals surface area contributed by atoms with Crippen molar-refractivity contribution in [3.05, 3.63) is 12.7 Å². The average molecular weight is 503 g/mol. The van der Waals surface area contributed by atoms with Gasteiger partial charge in [0.2, 0.25) is 0 Å². The summed E-state index contributed by atoms with van der Waals surface area (Å²) in [5.74, 6) is -2.58. The molecule has 18 heteroatoms. The van der Waals surface area contributed by atoms with Crippen molar-refractivity contribution in [2.45, 2.75) is 49.1 Å². The number of hydrogen-bond acceptors (Lipinski definition) is 14. The number of nitrogens with zero attached hydrogens (tertiary/aromatic N) is 4. The maximum atomic E-state index is 12.2. The Kier molecular flexibility index (Phi) is 8.15. The third-order valence-corrected chi connectivity index (χ3v) is 6.06. The largest absolute Gasteiger partial charge is 1.00 e. The maximum absolute atomic E-state index is 12.2. The number of nitrogen functional groups attached to an aromatic ring is 1. The number of aliphatic hydroxyl groups is 5. The molecule has 0 radical (unpaired) electrons. The van der Waals surface area contributed by atoms with Crippen molar-refractivity contribution < 1.29 is 84.5 Å². The summed E-state index contributed by atoms with van der Waals surface area (Å²) >= 11 is 0. The van der Waals surface area contributed by atoms with Crippen LogP contribution in [0.5, 0.6) is 0 Å². The van der Waals surface area contributed by atoms with E-state index in [1.165, 1.54) is 17.2 Å². The van der Waals surface area contributed by atoms with Crippen LogP contribution in [0.25, 0.3) is 11.2 Å². The number of fused-ring (bicyclic) bond motifs is 1. The molecule has 33 heavy (non-hydrogen) atoms. The molecule has 0 amide bonds. The number of phosphoric acid groups is 1. The Morgan fingerprint density at radius 2 is 2.00 bits per heavy atom. The van der Waals surface area contributed by atoms with E-state index in [0.29, 0.717) is 0 Å². The van der Waals surface area contributed by atoms with Gasteiger partial charge in [-0.3, -0.25) is 9.09 Å². The molecular weight excluding hydrogens is 480 g/mol. The van der Waals surface area contributed by atoms with Crippen LogP contribution in [0.2, 0.25) is 0 Å². The van der Waals surface area contributed by atoms with Gasteiger partial charge >= 0.3 is 37.4 Å². The summed E-state index contributed by atoms with van der Waals surface area (Å²) in [6.45, 7) is -1.39. The number of imidazole rings is 1. The molecule has 2 aliphatic rings. The number of aromatic nitrogens is 4. The van der Waals surface area contributed by atoms with Crippen molar-refractivity contribution in [1.29, 1.82) is 0 Å². The molecule has 4 rings (SSSR count). The van der Waals surface area contributed by atoms with Gasteiger partial charge in [0.25, 0.3) is 5.97 Å². The molecule has 16 nitrogen and oxygen atoms in total. The van der Waals surface area contributed by atoms with Crippen LogP contribution in [-0.2, 0) is 23.1 Å². The normalized spacial score (nSPS) is 36.1. The van der Waals surface area contributed by atoms with Crippen LogP contribution < -0.4 is 35.3 Å². The SMILES string of the molecule is Nc1ncnc2c1ncn2[C@@H]1O[C@H](COP(=O)(O)O[C@]2(O)C[C@H](O)[C@@H](CO)O2)[C@@H](O)[C@H]1O.[H-].[Na+]. The Morgan fingerprint density at radius 1 is 1.27 bits per heavy atom. The molecule has 0 aromatic carbocycles. The van der Waals surface area contributed by atoms with E-state index in [0.717, 1.165) is 0 Å². The fraction of sp³-hybridized carbons (Fsp3) is 0.667. The van der Waals surface area contributed by atoms with Gasteiger partial charge in [-0.15, -0.1) is 0 Å². The minimum Gasteiger partial charge on any atom is -1.00 e. The first-order valence-electron chi connectivity index (χ1n) is 9.35. The van der Waals surface area contributed by atoms with E-state index in [2.05, 4.69) is 19.5 Å². The molecule has 0 bridgehead atoms. The monoisotopic (exact) mass is 503 g/mol. The summed E-state index contributed by atoms with van der Waals surface area (Å²) in [6.07, 6.45) is -6.22. The van der Waals surface area contributed by atoms with Crippen LogP contribution in [0.4, 0.5) is 5.82 Å². The van der Waals surface area contributed by atoms with Crippen molar-refractivity contribution in [3.63, 3.8) is 0 Å². The molecule has 4 heterocycles. The van der Waals surface area contributed by atoms with Gasteiger partial charge in [0.15, 0.2) is 17.7 Å². The molecule has 2 fully saturated rings. The number of phosphoric ester groups is 1. The van der Waals surface area contributed by atoms with E-state index in [9.17, 15) is 29.9 Å². The van der Waals surface area contributed by atoms with Gasteiger partial charge in [-0.05, 0) is 0 Å². The maximum Gasteiger partial charge on any atom is 1.00 e. The smallest absolute Gasteiger partial charge is 1.00 e. The minimum absolute atomic E-state index is 0. The first-order chi connectivity index (χ1) is 15.0. The summed E-state index contributed by atoms with van der Waals surface area (Å²) in [5, 5.41) is 49.5. The van der Waals surface area contributed by atoms with E-state index in [-0.39, 0.29) is 48.0 Å². The van der Waals surface area contributed by atoms with E-state index in [1.807, 2.05) is 0 Å². The zero-order valence-electron chi connectivity index (χ0n) is 18.3. The molecular formula is C15H23N5NaO11P. The Hall–Kier alpha value is -0.820. The van der Waals surface area contributed by atoms with Crippen molar-refractivity contribution in [2.75, 3.05) is 18.9 Å². The third kappa shape index (κ3) is 5.39. The second-order valence-corrected chi connectivity index (χ2v) is 8.69. The van der Waals surface area contributed by atoms with Gasteiger partial charge in [-0.25, -0.2) is 24.0 Å². The number of rotatable bonds is 7. The zero-order valence-corrected chi connectivity index (χ0v) is 20.2. The van der Waals surface area contributed by atoms with Crippen molar-refractivity contribution >= 4 is 24.8 Å². The van der Waals surface area contributed by atoms with Gasteiger partial charge in [-0.2, -0.15) is 0 Å². The Labute approximate surface area is 209 Å². The van der Waals surface area contributed by atoms with Crippen LogP contribution in [0.1, 0.15) is 14.1 Å². The van der Waals surface area contributed by atoms with Crippen LogP contribution >= 0.6 is 7.82 Å². The topological polar surface area (TPSA) is 245 Å². The molecule has 8 atom stereocenters. The third-order valence-electron chi connectivity index (χ3n) is 5.07. The van der Waals surface area contributed by atoms with E-state index in [4.69, 9.17) is 24.8 Å². The zero-order chi connectivity index (χ0) is 23.3. The number of nitrogens with two attached hydrogens (primary N) is 1. The molecule has 0 saturated carbocycles. The van der Waals surface area contributed by atoms with Crippen molar-refractivity contribution in [2.24, 2.45) is 0 Å². The summed E-state index contributed by atoms with van der Waals surface area (Å²) in [5.41, 5.74) is 6.20. The molecule has 1 unspecified atom stereocenters. The first-order valence-corrected chi connectivity index (χ1v) is 10.8. The molecule has 2 saturated heterocycles. The Bertz CT molecular complexity index is 1040. The predicted molar refractivity (Wildman–Crippen MR) is 101 cm³/mol. The average Bonchev–Trinajstić information content (AvgIpc) is 3.35. The second-order valence-electron chi connectivity index (χ2n) is 7.31. The van der Waals surface area contributed by atoms with Gasteiger partial charge in [-0.1, -0.05) is 0 Å². The molecule has 2 aliphatic heterocycles. The van der Waals surface area contributed by atoms with E-state index in [1.54, 1.807) is 0 Å².